The number of nitrogens with zero attached hydrogens (tertiary/aromatic N) is 1. The van der Waals surface area contributed by atoms with Crippen LogP contribution in [0.4, 0.5) is 9.59 Å². The number of nitrogens with two attached hydrogens (primary N) is 1. The van der Waals surface area contributed by atoms with Crippen LogP contribution < -0.4 is 11.1 Å². The van der Waals surface area contributed by atoms with Gasteiger partial charge in [-0.3, -0.25) is 0 Å². The van der Waals surface area contributed by atoms with Gasteiger partial charge in [0.25, 0.3) is 0 Å². The predicted octanol–water partition coefficient (Wildman–Crippen LogP) is 1.37. The molecule has 0 unspecified atom stereocenters. The average Bonchev–Trinajstić information content (AvgIpc) is 2.86. The molecule has 3 N–H and O–H groups in total. The fraction of sp³-hybridized carbons (Fsp3) is 0.455. The Balaban J connectivity index is 2.51. The molecule has 0 spiro atoms. The second-order valence-electron chi connectivity index (χ2n) is 3.38. The van der Waals surface area contributed by atoms with Gasteiger partial charge in [0.05, 0.1) is 13.2 Å². The highest BCUT2D eigenvalue weighted by molar-refractivity contribution is 7.09. The van der Waals surface area contributed by atoms with Gasteiger partial charge in [-0.05, 0) is 18.4 Å². The molecule has 0 aliphatic heterocycles. The maximum absolute atomic E-state index is 11.8. The van der Waals surface area contributed by atoms with Gasteiger partial charge < -0.3 is 15.8 Å². The number of thiophene rings is 1. The summed E-state index contributed by atoms with van der Waals surface area (Å²) in [6, 6.07) is 3.31. The maximum atomic E-state index is 11.8. The molecule has 7 heteroatoms. The van der Waals surface area contributed by atoms with Crippen LogP contribution >= 0.6 is 11.3 Å². The molecule has 0 aliphatic rings. The lowest BCUT2D eigenvalue weighted by atomic mass is 10.4. The summed E-state index contributed by atoms with van der Waals surface area (Å²) in [5.74, 6) is 0. The van der Waals surface area contributed by atoms with E-state index in [2.05, 4.69) is 5.32 Å². The van der Waals surface area contributed by atoms with E-state index in [1.54, 1.807) is 6.92 Å². The molecule has 0 aromatic carbocycles. The first-order chi connectivity index (χ1) is 8.69. The van der Waals surface area contributed by atoms with Crippen molar-refractivity contribution in [3.8, 4) is 0 Å². The zero-order chi connectivity index (χ0) is 13.4. The monoisotopic (exact) mass is 271 g/mol. The summed E-state index contributed by atoms with van der Waals surface area (Å²) < 4.78 is 4.79. The van der Waals surface area contributed by atoms with Crippen LogP contribution in [0.5, 0.6) is 0 Å². The Labute approximate surface area is 110 Å². The van der Waals surface area contributed by atoms with Gasteiger partial charge >= 0.3 is 12.1 Å². The fourth-order valence-corrected chi connectivity index (χ4v) is 1.92. The fourth-order valence-electron chi connectivity index (χ4n) is 1.28. The molecule has 100 valence electrons. The largest absolute Gasteiger partial charge is 0.449 e. The van der Waals surface area contributed by atoms with Crippen LogP contribution in [0, 0.1) is 0 Å². The SMILES string of the molecule is CCOC(=O)N(CCN)C(=O)NCc1cccs1. The molecule has 3 amide bonds. The Morgan fingerprint density at radius 2 is 2.33 bits per heavy atom. The van der Waals surface area contributed by atoms with Crippen molar-refractivity contribution in [2.45, 2.75) is 13.5 Å². The lowest BCUT2D eigenvalue weighted by Gasteiger charge is -2.19. The lowest BCUT2D eigenvalue weighted by molar-refractivity contribution is 0.115. The van der Waals surface area contributed by atoms with Gasteiger partial charge in [0.15, 0.2) is 0 Å². The second kappa shape index (κ2) is 7.67. The molecule has 0 atom stereocenters. The zero-order valence-corrected chi connectivity index (χ0v) is 11.0. The Kier molecular flexibility index (Phi) is 6.16. The number of hydrogen-bond acceptors (Lipinski definition) is 5. The number of amides is 3. The molecule has 1 rings (SSSR count). The van der Waals surface area contributed by atoms with Crippen LogP contribution in [0.15, 0.2) is 17.5 Å². The van der Waals surface area contributed by atoms with Crippen molar-refractivity contribution in [1.29, 1.82) is 0 Å². The van der Waals surface area contributed by atoms with Gasteiger partial charge in [-0.1, -0.05) is 6.07 Å². The van der Waals surface area contributed by atoms with Crippen LogP contribution in [0.3, 0.4) is 0 Å². The number of carbonyl (C=O) groups excluding carboxylic acids is 2. The molecule has 0 fully saturated rings. The summed E-state index contributed by atoms with van der Waals surface area (Å²) in [5, 5.41) is 4.57. The summed E-state index contributed by atoms with van der Waals surface area (Å²) in [4.78, 5) is 25.3. The predicted molar refractivity (Wildman–Crippen MR) is 69.3 cm³/mol. The number of imide groups is 1. The molecular formula is C11H17N3O3S. The Morgan fingerprint density at radius 1 is 1.56 bits per heavy atom. The van der Waals surface area contributed by atoms with E-state index in [0.717, 1.165) is 9.78 Å². The topological polar surface area (TPSA) is 84.7 Å². The molecule has 18 heavy (non-hydrogen) atoms. The number of nitrogens with one attached hydrogen (secondary N) is 1. The van der Waals surface area contributed by atoms with E-state index in [4.69, 9.17) is 10.5 Å². The molecule has 0 saturated heterocycles. The van der Waals surface area contributed by atoms with Gasteiger partial charge in [-0.2, -0.15) is 0 Å². The van der Waals surface area contributed by atoms with Gasteiger partial charge in [0.1, 0.15) is 0 Å². The van der Waals surface area contributed by atoms with Crippen LogP contribution in [-0.4, -0.2) is 36.7 Å². The number of urea groups is 1. The highest BCUT2D eigenvalue weighted by atomic mass is 32.1. The molecule has 0 aliphatic carbocycles. The number of rotatable bonds is 5. The minimum Gasteiger partial charge on any atom is -0.449 e. The normalized spacial score (nSPS) is 9.89. The minimum atomic E-state index is -0.674. The highest BCUT2D eigenvalue weighted by Crippen LogP contribution is 2.07. The first-order valence-corrected chi connectivity index (χ1v) is 6.51. The van der Waals surface area contributed by atoms with Gasteiger partial charge in [-0.15, -0.1) is 11.3 Å². The molecule has 1 aromatic rings. The van der Waals surface area contributed by atoms with E-state index >= 15 is 0 Å². The van der Waals surface area contributed by atoms with Crippen molar-refractivity contribution < 1.29 is 14.3 Å². The van der Waals surface area contributed by atoms with Gasteiger partial charge in [0, 0.05) is 18.0 Å². The summed E-state index contributed by atoms with van der Waals surface area (Å²) in [6.45, 7) is 2.62. The molecule has 1 heterocycles. The van der Waals surface area contributed by atoms with Crippen molar-refractivity contribution >= 4 is 23.5 Å². The van der Waals surface area contributed by atoms with Crippen LogP contribution in [0.1, 0.15) is 11.8 Å². The third-order valence-electron chi connectivity index (χ3n) is 2.08. The molecular weight excluding hydrogens is 254 g/mol. The van der Waals surface area contributed by atoms with Crippen molar-refractivity contribution in [2.24, 2.45) is 5.73 Å². The van der Waals surface area contributed by atoms with E-state index in [1.807, 2.05) is 17.5 Å². The Bertz CT molecular complexity index is 381. The average molecular weight is 271 g/mol. The van der Waals surface area contributed by atoms with Crippen molar-refractivity contribution in [3.63, 3.8) is 0 Å². The standard InChI is InChI=1S/C11H17N3O3S/c1-2-17-11(16)14(6-5-12)10(15)13-8-9-4-3-7-18-9/h3-4,7H,2,5-6,8,12H2,1H3,(H,13,15). The Morgan fingerprint density at radius 3 is 2.89 bits per heavy atom. The molecule has 6 nitrogen and oxygen atoms in total. The summed E-state index contributed by atoms with van der Waals surface area (Å²) >= 11 is 1.53. The molecule has 0 bridgehead atoms. The minimum absolute atomic E-state index is 0.134. The van der Waals surface area contributed by atoms with E-state index in [1.165, 1.54) is 11.3 Å². The van der Waals surface area contributed by atoms with Crippen LogP contribution in [-0.2, 0) is 11.3 Å². The summed E-state index contributed by atoms with van der Waals surface area (Å²) in [5.41, 5.74) is 5.36. The van der Waals surface area contributed by atoms with E-state index in [-0.39, 0.29) is 19.7 Å². The van der Waals surface area contributed by atoms with Crippen molar-refractivity contribution in [1.82, 2.24) is 10.2 Å². The van der Waals surface area contributed by atoms with E-state index < -0.39 is 12.1 Å². The van der Waals surface area contributed by atoms with Crippen molar-refractivity contribution in [2.75, 3.05) is 19.7 Å². The zero-order valence-electron chi connectivity index (χ0n) is 10.2. The van der Waals surface area contributed by atoms with E-state index in [0.29, 0.717) is 6.54 Å². The third-order valence-corrected chi connectivity index (χ3v) is 2.96. The number of hydrogen-bond donors (Lipinski definition) is 2. The van der Waals surface area contributed by atoms with E-state index in [9.17, 15) is 9.59 Å². The smallest absolute Gasteiger partial charge is 0.418 e. The van der Waals surface area contributed by atoms with Crippen molar-refractivity contribution in [3.05, 3.63) is 22.4 Å². The quantitative estimate of drug-likeness (QED) is 0.847. The van der Waals surface area contributed by atoms with Crippen LogP contribution in [0.2, 0.25) is 0 Å². The number of ether oxygens (including phenoxy) is 1. The van der Waals surface area contributed by atoms with Crippen LogP contribution in [0.25, 0.3) is 0 Å². The molecule has 0 saturated carbocycles. The first kappa shape index (κ1) is 14.5. The second-order valence-corrected chi connectivity index (χ2v) is 4.41. The number of carbonyl (C=O) groups is 2. The van der Waals surface area contributed by atoms with Gasteiger partial charge in [0.2, 0.25) is 0 Å². The van der Waals surface area contributed by atoms with Gasteiger partial charge in [-0.25, -0.2) is 14.5 Å². The Hall–Kier alpha value is -1.60. The first-order valence-electron chi connectivity index (χ1n) is 5.63. The summed E-state index contributed by atoms with van der Waals surface area (Å²) in [7, 11) is 0. The lowest BCUT2D eigenvalue weighted by Crippen LogP contribution is -2.46. The molecule has 0 radical (unpaired) electrons. The maximum Gasteiger partial charge on any atom is 0.418 e. The highest BCUT2D eigenvalue weighted by Gasteiger charge is 2.21. The molecule has 1 aromatic heterocycles. The third kappa shape index (κ3) is 4.34. The summed E-state index contributed by atoms with van der Waals surface area (Å²) in [6.07, 6.45) is -0.674.